The summed E-state index contributed by atoms with van der Waals surface area (Å²) in [6.07, 6.45) is -1.20. The molecule has 56 heavy (non-hydrogen) atoms. The van der Waals surface area contributed by atoms with Crippen molar-refractivity contribution in [2.45, 2.75) is 82.3 Å². The molecule has 3 heterocycles. The highest BCUT2D eigenvalue weighted by Gasteiger charge is 2.66. The fourth-order valence-electron chi connectivity index (χ4n) is 9.29. The van der Waals surface area contributed by atoms with Gasteiger partial charge < -0.3 is 39.5 Å². The highest BCUT2D eigenvalue weighted by Crippen LogP contribution is 2.60. The van der Waals surface area contributed by atoms with Crippen molar-refractivity contribution in [3.8, 4) is 11.5 Å². The monoisotopic (exact) mass is 777 g/mol. The van der Waals surface area contributed by atoms with E-state index in [2.05, 4.69) is 43.5 Å². The first kappa shape index (κ1) is 39.2. The number of aliphatic hydroxyl groups is 2. The van der Waals surface area contributed by atoms with Crippen molar-refractivity contribution in [1.82, 2.24) is 4.90 Å². The number of aliphatic hydroxyl groups excluding tert-OH is 2. The number of hydrogen-bond donors (Lipinski definition) is 3. The number of anilines is 2. The molecule has 294 valence electrons. The van der Waals surface area contributed by atoms with Gasteiger partial charge in [0.25, 0.3) is 11.8 Å². The number of hydrogen-bond acceptors (Lipinski definition) is 8. The molecule has 11 nitrogen and oxygen atoms in total. The highest BCUT2D eigenvalue weighted by atomic mass is 28.3. The van der Waals surface area contributed by atoms with Crippen LogP contribution in [0.1, 0.15) is 42.5 Å². The van der Waals surface area contributed by atoms with Gasteiger partial charge in [0.1, 0.15) is 17.6 Å². The number of carbonyl (C=O) groups is 3. The van der Waals surface area contributed by atoms with Gasteiger partial charge in [-0.25, -0.2) is 0 Å². The summed E-state index contributed by atoms with van der Waals surface area (Å²) >= 11 is 0. The number of nitrogens with one attached hydrogen (secondary N) is 1. The van der Waals surface area contributed by atoms with Crippen LogP contribution in [0.4, 0.5) is 11.4 Å². The molecule has 4 aromatic rings. The summed E-state index contributed by atoms with van der Waals surface area (Å²) in [6.45, 7) is 8.46. The summed E-state index contributed by atoms with van der Waals surface area (Å²) in [5.41, 5.74) is 3.21. The van der Waals surface area contributed by atoms with Gasteiger partial charge in [-0.05, 0) is 78.0 Å². The van der Waals surface area contributed by atoms with E-state index in [1.807, 2.05) is 54.6 Å². The lowest BCUT2D eigenvalue weighted by Crippen LogP contribution is -2.52. The normalized spacial score (nSPS) is 23.5. The van der Waals surface area contributed by atoms with E-state index >= 15 is 4.79 Å². The summed E-state index contributed by atoms with van der Waals surface area (Å²) < 4.78 is 18.5. The maximum absolute atomic E-state index is 15.3. The summed E-state index contributed by atoms with van der Waals surface area (Å²) in [6, 6.07) is 28.6. The number of ether oxygens (including phenoxy) is 3. The minimum atomic E-state index is -2.57. The molecule has 0 aliphatic carbocycles. The van der Waals surface area contributed by atoms with E-state index in [-0.39, 0.29) is 48.9 Å². The fourth-order valence-corrected chi connectivity index (χ4v) is 13.3. The highest BCUT2D eigenvalue weighted by molar-refractivity contribution is 6.91. The number of fused-ring (bicyclic) bond motifs is 3. The molecule has 3 aliphatic rings. The molecular weight excluding hydrogens is 727 g/mol. The second kappa shape index (κ2) is 15.5. The van der Waals surface area contributed by atoms with Crippen LogP contribution in [0.15, 0.2) is 91.0 Å². The molecule has 3 N–H and O–H groups in total. The molecule has 0 bridgehead atoms. The number of methoxy groups -OCH3 is 2. The van der Waals surface area contributed by atoms with Gasteiger partial charge in [-0.1, -0.05) is 73.7 Å². The predicted molar refractivity (Wildman–Crippen MR) is 217 cm³/mol. The van der Waals surface area contributed by atoms with Gasteiger partial charge in [0.15, 0.2) is 5.60 Å². The molecule has 7 rings (SSSR count). The van der Waals surface area contributed by atoms with E-state index < -0.39 is 31.8 Å². The van der Waals surface area contributed by atoms with Crippen molar-refractivity contribution in [1.29, 1.82) is 0 Å². The van der Waals surface area contributed by atoms with Crippen LogP contribution in [-0.4, -0.2) is 80.0 Å². The Labute approximate surface area is 329 Å². The minimum Gasteiger partial charge on any atom is -0.497 e. The Morgan fingerprint density at radius 2 is 1.66 bits per heavy atom. The first-order valence-corrected chi connectivity index (χ1v) is 22.3. The molecule has 0 saturated carbocycles. The topological polar surface area (TPSA) is 138 Å². The number of nitrogens with zero attached hydrogens (tertiary/aromatic N) is 2. The Morgan fingerprint density at radius 3 is 2.34 bits per heavy atom. The van der Waals surface area contributed by atoms with E-state index in [9.17, 15) is 19.8 Å². The van der Waals surface area contributed by atoms with Crippen LogP contribution >= 0.6 is 0 Å². The van der Waals surface area contributed by atoms with E-state index in [1.165, 1.54) is 6.92 Å². The largest absolute Gasteiger partial charge is 0.497 e. The van der Waals surface area contributed by atoms with Crippen LogP contribution in [0, 0.1) is 5.92 Å². The van der Waals surface area contributed by atoms with Gasteiger partial charge in [-0.2, -0.15) is 0 Å². The van der Waals surface area contributed by atoms with Crippen LogP contribution in [0.5, 0.6) is 11.5 Å². The van der Waals surface area contributed by atoms with Crippen molar-refractivity contribution in [3.63, 3.8) is 0 Å². The SMILES string of the molecule is COc1ccc([Si](C)(C)[C@H]2[C@H](CC(=O)N3Cc4ccccc4C[C@H]3CO)O[C@@]3(C(=O)N(Cc4cccc(NC(=O)[C@H](C)O)c4)c4ccc(OC)cc43)[C@@H]2C)cc1. The van der Waals surface area contributed by atoms with Crippen molar-refractivity contribution >= 4 is 42.4 Å². The molecule has 0 aromatic heterocycles. The molecule has 6 atom stereocenters. The molecule has 3 aliphatic heterocycles. The maximum Gasteiger partial charge on any atom is 0.264 e. The van der Waals surface area contributed by atoms with Gasteiger partial charge in [0, 0.05) is 23.7 Å². The number of amides is 3. The van der Waals surface area contributed by atoms with Crippen molar-refractivity contribution in [3.05, 3.63) is 113 Å². The maximum atomic E-state index is 15.3. The van der Waals surface area contributed by atoms with Gasteiger partial charge in [-0.15, -0.1) is 0 Å². The van der Waals surface area contributed by atoms with Crippen LogP contribution in [0.3, 0.4) is 0 Å². The van der Waals surface area contributed by atoms with E-state index in [4.69, 9.17) is 14.2 Å². The van der Waals surface area contributed by atoms with Gasteiger partial charge in [0.05, 0.1) is 59.7 Å². The van der Waals surface area contributed by atoms with Crippen LogP contribution in [0.2, 0.25) is 18.6 Å². The molecule has 4 aromatic carbocycles. The zero-order valence-corrected chi connectivity index (χ0v) is 33.8. The van der Waals surface area contributed by atoms with Gasteiger partial charge in [0.2, 0.25) is 5.91 Å². The Hall–Kier alpha value is -5.01. The Morgan fingerprint density at radius 1 is 0.964 bits per heavy atom. The van der Waals surface area contributed by atoms with Crippen molar-refractivity contribution < 1.29 is 38.8 Å². The third-order valence-corrected chi connectivity index (χ3v) is 16.6. The smallest absolute Gasteiger partial charge is 0.264 e. The third kappa shape index (κ3) is 6.89. The third-order valence-electron chi connectivity index (χ3n) is 12.2. The summed E-state index contributed by atoms with van der Waals surface area (Å²) in [5.74, 6) is 0.0814. The fraction of sp³-hybridized carbons (Fsp3) is 0.386. The van der Waals surface area contributed by atoms with Crippen molar-refractivity contribution in [2.75, 3.05) is 31.0 Å². The quantitative estimate of drug-likeness (QED) is 0.179. The average Bonchev–Trinajstić information content (AvgIpc) is 3.62. The Bertz CT molecular complexity index is 2120. The number of carbonyl (C=O) groups excluding carboxylic acids is 3. The lowest BCUT2D eigenvalue weighted by atomic mass is 9.82. The Kier molecular flexibility index (Phi) is 10.9. The molecule has 0 unspecified atom stereocenters. The molecule has 12 heteroatoms. The standard InChI is InChI=1S/C44H51N3O8Si/c1-27-41(56(5,6)36-17-14-34(53-3)15-18-36)39(23-40(50)46-25-31-12-8-7-11-30(31)21-33(46)26-48)55-44(27)37-22-35(54-4)16-19-38(37)47(43(44)52)24-29-10-9-13-32(20-29)45-42(51)28(2)49/h7-20,22,27-28,33,39,41,48-49H,21,23-26H2,1-6H3,(H,45,51)/t27-,28+,33+,39+,41-,44+/m1/s1. The molecule has 0 radical (unpaired) electrons. The first-order valence-electron chi connectivity index (χ1n) is 19.2. The lowest BCUT2D eigenvalue weighted by Gasteiger charge is -2.39. The molecule has 1 spiro atoms. The van der Waals surface area contributed by atoms with Crippen LogP contribution in [0.25, 0.3) is 0 Å². The number of benzene rings is 4. The van der Waals surface area contributed by atoms with Gasteiger partial charge in [-0.3, -0.25) is 14.4 Å². The number of rotatable bonds is 11. The Balaban J connectivity index is 1.29. The van der Waals surface area contributed by atoms with Crippen molar-refractivity contribution in [2.24, 2.45) is 5.92 Å². The van der Waals surface area contributed by atoms with Gasteiger partial charge >= 0.3 is 0 Å². The molecule has 1 fully saturated rings. The summed E-state index contributed by atoms with van der Waals surface area (Å²) in [5, 5.41) is 24.1. The first-order chi connectivity index (χ1) is 26.8. The lowest BCUT2D eigenvalue weighted by molar-refractivity contribution is -0.151. The second-order valence-corrected chi connectivity index (χ2v) is 20.5. The average molecular weight is 778 g/mol. The second-order valence-electron chi connectivity index (χ2n) is 15.8. The zero-order chi connectivity index (χ0) is 39.9. The van der Waals surface area contributed by atoms with E-state index in [1.54, 1.807) is 42.2 Å². The predicted octanol–water partition coefficient (Wildman–Crippen LogP) is 5.12. The van der Waals surface area contributed by atoms with Crippen LogP contribution < -0.4 is 24.9 Å². The minimum absolute atomic E-state index is 0.0413. The molecule has 1 saturated heterocycles. The van der Waals surface area contributed by atoms with Crippen LogP contribution in [-0.2, 0) is 44.2 Å². The summed E-state index contributed by atoms with van der Waals surface area (Å²) in [4.78, 5) is 45.7. The molecular formula is C44H51N3O8Si. The molecule has 3 amide bonds. The summed E-state index contributed by atoms with van der Waals surface area (Å²) in [7, 11) is 0.663. The van der Waals surface area contributed by atoms with E-state index in [0.717, 1.165) is 27.6 Å². The zero-order valence-electron chi connectivity index (χ0n) is 32.8. The van der Waals surface area contributed by atoms with E-state index in [0.29, 0.717) is 35.7 Å².